The molecule has 7 aromatic carbocycles. The summed E-state index contributed by atoms with van der Waals surface area (Å²) in [5, 5.41) is 2.35. The van der Waals surface area contributed by atoms with E-state index in [2.05, 4.69) is 189 Å². The maximum atomic E-state index is 5.76. The Morgan fingerprint density at radius 2 is 1.23 bits per heavy atom. The smallest absolute Gasteiger partial charge is 0.0782 e. The van der Waals surface area contributed by atoms with E-state index in [1.54, 1.807) is 16.7 Å². The third-order valence-electron chi connectivity index (χ3n) is 15.0. The van der Waals surface area contributed by atoms with Crippen molar-refractivity contribution in [1.82, 2.24) is 0 Å². The first-order valence-electron chi connectivity index (χ1n) is 22.1. The Morgan fingerprint density at radius 1 is 0.550 bits per heavy atom. The van der Waals surface area contributed by atoms with Crippen molar-refractivity contribution in [3.05, 3.63) is 243 Å². The second-order valence-electron chi connectivity index (χ2n) is 17.9. The molecule has 1 nitrogen and oxygen atoms in total. The van der Waals surface area contributed by atoms with E-state index in [1.165, 1.54) is 83.1 Å². The van der Waals surface area contributed by atoms with Crippen LogP contribution in [0.1, 0.15) is 88.2 Å². The summed E-state index contributed by atoms with van der Waals surface area (Å²) >= 11 is 0. The molecule has 1 heterocycles. The molecule has 7 aromatic rings. The van der Waals surface area contributed by atoms with Gasteiger partial charge in [0.25, 0.3) is 0 Å². The van der Waals surface area contributed by atoms with Gasteiger partial charge in [-0.05, 0) is 132 Å². The first-order chi connectivity index (χ1) is 29.7. The maximum absolute atomic E-state index is 5.76. The number of hydrogen-bond acceptors (Lipinski definition) is 1. The molecule has 286 valence electrons. The van der Waals surface area contributed by atoms with Crippen molar-refractivity contribution in [2.45, 2.75) is 50.0 Å². The average Bonchev–Trinajstić information content (AvgIpc) is 3.91. The summed E-state index contributed by atoms with van der Waals surface area (Å²) in [7, 11) is 0. The van der Waals surface area contributed by atoms with Crippen LogP contribution >= 0.6 is 0 Å². The number of fused-ring (bicyclic) bond motifs is 15. The second-order valence-corrected chi connectivity index (χ2v) is 17.9. The Hall–Kier alpha value is -6.57. The summed E-state index contributed by atoms with van der Waals surface area (Å²) in [6.07, 6.45) is 16.3. The van der Waals surface area contributed by atoms with Crippen molar-refractivity contribution >= 4 is 11.1 Å². The van der Waals surface area contributed by atoms with Crippen molar-refractivity contribution in [3.8, 4) is 33.4 Å². The van der Waals surface area contributed by atoms with Crippen LogP contribution in [0, 0.1) is 11.8 Å². The lowest BCUT2D eigenvalue weighted by Crippen LogP contribution is -2.31. The van der Waals surface area contributed by atoms with E-state index in [-0.39, 0.29) is 6.04 Å². The summed E-state index contributed by atoms with van der Waals surface area (Å²) in [5.74, 6) is 1.17. The quantitative estimate of drug-likeness (QED) is 0.170. The molecule has 1 heteroatoms. The summed E-state index contributed by atoms with van der Waals surface area (Å²) < 4.78 is 0. The second kappa shape index (κ2) is 13.0. The summed E-state index contributed by atoms with van der Waals surface area (Å²) in [6.45, 7) is 2.43. The zero-order valence-corrected chi connectivity index (χ0v) is 33.9. The Labute approximate surface area is 352 Å². The van der Waals surface area contributed by atoms with Gasteiger partial charge in [-0.3, -0.25) is 4.99 Å². The lowest BCUT2D eigenvalue weighted by atomic mass is 9.69. The van der Waals surface area contributed by atoms with Crippen LogP contribution in [0.4, 0.5) is 0 Å². The Kier molecular flexibility index (Phi) is 7.41. The number of benzene rings is 7. The molecule has 5 atom stereocenters. The van der Waals surface area contributed by atoms with Gasteiger partial charge in [-0.15, -0.1) is 0 Å². The van der Waals surface area contributed by atoms with Crippen LogP contribution < -0.4 is 10.6 Å². The molecule has 6 aliphatic rings. The van der Waals surface area contributed by atoms with Gasteiger partial charge in [-0.25, -0.2) is 0 Å². The first kappa shape index (κ1) is 34.3. The van der Waals surface area contributed by atoms with E-state index in [9.17, 15) is 0 Å². The van der Waals surface area contributed by atoms with Crippen LogP contribution in [0.15, 0.2) is 187 Å². The fourth-order valence-corrected chi connectivity index (χ4v) is 12.4. The minimum absolute atomic E-state index is 0.0316. The molecule has 0 amide bonds. The number of para-hydroxylation sites is 1. The number of allylic oxidation sites excluding steroid dienone is 6. The van der Waals surface area contributed by atoms with E-state index in [0.717, 1.165) is 31.0 Å². The normalized spacial score (nSPS) is 24.2. The van der Waals surface area contributed by atoms with Crippen molar-refractivity contribution in [3.63, 3.8) is 0 Å². The molecule has 5 aliphatic carbocycles. The molecule has 1 spiro atoms. The van der Waals surface area contributed by atoms with Gasteiger partial charge < -0.3 is 0 Å². The minimum Gasteiger partial charge on any atom is -0.276 e. The zero-order valence-electron chi connectivity index (χ0n) is 33.9. The Balaban J connectivity index is 1.01. The van der Waals surface area contributed by atoms with Gasteiger partial charge in [-0.1, -0.05) is 183 Å². The highest BCUT2D eigenvalue weighted by atomic mass is 14.8. The third-order valence-corrected chi connectivity index (χ3v) is 15.0. The predicted octanol–water partition coefficient (Wildman–Crippen LogP) is 12.9. The fraction of sp³-hybridized carbons (Fsp3) is 0.169. The standard InChI is InChI=1S/C59H45N/c1-36-26-32-41(39-29-27-38(28-30-39)37-14-3-2-4-15-37)46-19-9-12-25-55(46)60-58(36)40-31-33-45-44-18-7-10-23-51(44)59(53(45)34-40)52-24-11-8-20-48(52)57-49-22-13-21-47-42-16-5-6-17-43(42)50(56(47)49)35-54(57)59/h2-12,14-21,23-25,27-31,33-36,42-43,58H,13,22,26,32H2,1H3/b46-41+,60-55?. The number of hydrogen-bond donors (Lipinski definition) is 0. The molecule has 13 rings (SSSR count). The molecule has 0 saturated carbocycles. The van der Waals surface area contributed by atoms with Gasteiger partial charge in [-0.2, -0.15) is 0 Å². The summed E-state index contributed by atoms with van der Waals surface area (Å²) in [6, 6.07) is 57.6. The van der Waals surface area contributed by atoms with E-state index in [4.69, 9.17) is 4.99 Å². The lowest BCUT2D eigenvalue weighted by molar-refractivity contribution is 0.435. The summed E-state index contributed by atoms with van der Waals surface area (Å²) in [5.41, 5.74) is 23.7. The molecule has 0 bridgehead atoms. The molecule has 1 aliphatic heterocycles. The van der Waals surface area contributed by atoms with Crippen LogP contribution in [-0.4, -0.2) is 0 Å². The molecule has 0 fully saturated rings. The molecule has 0 N–H and O–H groups in total. The van der Waals surface area contributed by atoms with E-state index >= 15 is 0 Å². The highest BCUT2D eigenvalue weighted by Gasteiger charge is 2.54. The molecular weight excluding hydrogens is 723 g/mol. The van der Waals surface area contributed by atoms with Crippen LogP contribution in [-0.2, 0) is 11.8 Å². The minimum atomic E-state index is -0.400. The van der Waals surface area contributed by atoms with Crippen LogP contribution in [0.2, 0.25) is 0 Å². The third kappa shape index (κ3) is 4.67. The van der Waals surface area contributed by atoms with E-state index in [0.29, 0.717) is 17.8 Å². The van der Waals surface area contributed by atoms with Gasteiger partial charge in [0.05, 0.1) is 16.8 Å². The predicted molar refractivity (Wildman–Crippen MR) is 246 cm³/mol. The number of rotatable bonds is 3. The van der Waals surface area contributed by atoms with Gasteiger partial charge in [0.2, 0.25) is 0 Å². The molecule has 0 saturated heterocycles. The monoisotopic (exact) mass is 767 g/mol. The zero-order chi connectivity index (χ0) is 39.5. The highest BCUT2D eigenvalue weighted by molar-refractivity contribution is 5.99. The van der Waals surface area contributed by atoms with Crippen molar-refractivity contribution in [1.29, 1.82) is 0 Å². The Bertz CT molecular complexity index is 3180. The van der Waals surface area contributed by atoms with Gasteiger partial charge >= 0.3 is 0 Å². The molecule has 60 heavy (non-hydrogen) atoms. The van der Waals surface area contributed by atoms with Crippen LogP contribution in [0.25, 0.3) is 44.5 Å². The lowest BCUT2D eigenvalue weighted by Gasteiger charge is -2.32. The van der Waals surface area contributed by atoms with Crippen LogP contribution in [0.3, 0.4) is 0 Å². The summed E-state index contributed by atoms with van der Waals surface area (Å²) in [4.78, 5) is 5.76. The van der Waals surface area contributed by atoms with E-state index in [1.807, 2.05) is 0 Å². The topological polar surface area (TPSA) is 12.4 Å². The largest absolute Gasteiger partial charge is 0.276 e. The average molecular weight is 768 g/mol. The van der Waals surface area contributed by atoms with Gasteiger partial charge in [0.15, 0.2) is 0 Å². The Morgan fingerprint density at radius 3 is 2.08 bits per heavy atom. The van der Waals surface area contributed by atoms with Crippen LogP contribution in [0.5, 0.6) is 0 Å². The number of nitrogens with zero attached hydrogens (tertiary/aromatic N) is 1. The van der Waals surface area contributed by atoms with Crippen molar-refractivity contribution < 1.29 is 0 Å². The van der Waals surface area contributed by atoms with E-state index < -0.39 is 5.41 Å². The van der Waals surface area contributed by atoms with Crippen molar-refractivity contribution in [2.75, 3.05) is 0 Å². The SMILES string of the molecule is CC1CC/C(c2ccc(-c3ccccc3)cc2)=c2/ccccc2=NC1c1ccc2c(c1)C1(c3ccccc3-2)c2ccccc2-c2c1cc1c3c2CCC=C3C2C=CC=CC12. The fourth-order valence-electron chi connectivity index (χ4n) is 12.4. The molecule has 0 aromatic heterocycles. The molecule has 0 radical (unpaired) electrons. The van der Waals surface area contributed by atoms with Gasteiger partial charge in [0, 0.05) is 17.1 Å². The molecule has 5 unspecified atom stereocenters. The first-order valence-corrected chi connectivity index (χ1v) is 22.1. The van der Waals surface area contributed by atoms with Crippen molar-refractivity contribution in [2.24, 2.45) is 16.8 Å². The molecular formula is C59H45N. The highest BCUT2D eigenvalue weighted by Crippen LogP contribution is 2.66. The van der Waals surface area contributed by atoms with Gasteiger partial charge in [0.1, 0.15) is 0 Å². The maximum Gasteiger partial charge on any atom is 0.0782 e.